The van der Waals surface area contributed by atoms with Gasteiger partial charge < -0.3 is 11.1 Å². The minimum atomic E-state index is -1.01. The summed E-state index contributed by atoms with van der Waals surface area (Å²) in [6, 6.07) is 5.10. The van der Waals surface area contributed by atoms with Crippen molar-refractivity contribution in [1.82, 2.24) is 5.32 Å². The van der Waals surface area contributed by atoms with E-state index in [2.05, 4.69) is 5.32 Å². The van der Waals surface area contributed by atoms with Gasteiger partial charge in [0.2, 0.25) is 5.91 Å². The molecule has 0 saturated heterocycles. The predicted octanol–water partition coefficient (Wildman–Crippen LogP) is 1.91. The minimum absolute atomic E-state index is 0.342. The van der Waals surface area contributed by atoms with Crippen molar-refractivity contribution in [1.29, 1.82) is 0 Å². The molecule has 1 aromatic rings. The molecule has 1 rings (SSSR count). The molecule has 15 heavy (non-hydrogen) atoms. The fraction of sp³-hybridized carbons (Fsp3) is 0.300. The molecule has 5 heteroatoms. The lowest BCUT2D eigenvalue weighted by Gasteiger charge is -2.27. The summed E-state index contributed by atoms with van der Waals surface area (Å²) < 4.78 is 0. The van der Waals surface area contributed by atoms with Crippen LogP contribution in [0.25, 0.3) is 0 Å². The first-order chi connectivity index (χ1) is 6.93. The van der Waals surface area contributed by atoms with Gasteiger partial charge in [0, 0.05) is 5.56 Å². The van der Waals surface area contributed by atoms with Crippen LogP contribution in [0.5, 0.6) is 0 Å². The van der Waals surface area contributed by atoms with E-state index in [-0.39, 0.29) is 0 Å². The number of likely N-dealkylation sites (N-methyl/N-ethyl adjacent to an activating group) is 1. The molecule has 0 bridgehead atoms. The topological polar surface area (TPSA) is 55.1 Å². The summed E-state index contributed by atoms with van der Waals surface area (Å²) in [5.41, 5.74) is 4.89. The number of carbonyl (C=O) groups excluding carboxylic acids is 1. The highest BCUT2D eigenvalue weighted by molar-refractivity contribution is 6.42. The average Bonchev–Trinajstić information content (AvgIpc) is 2.20. The molecule has 0 aliphatic rings. The van der Waals surface area contributed by atoms with Crippen LogP contribution in [0, 0.1) is 0 Å². The van der Waals surface area contributed by atoms with E-state index in [0.29, 0.717) is 15.6 Å². The van der Waals surface area contributed by atoms with Crippen molar-refractivity contribution >= 4 is 29.1 Å². The van der Waals surface area contributed by atoms with Crippen LogP contribution in [-0.2, 0) is 10.3 Å². The van der Waals surface area contributed by atoms with E-state index in [4.69, 9.17) is 28.9 Å². The van der Waals surface area contributed by atoms with Crippen LogP contribution in [-0.4, -0.2) is 13.0 Å². The molecule has 3 N–H and O–H groups in total. The zero-order chi connectivity index (χ0) is 11.6. The van der Waals surface area contributed by atoms with Crippen LogP contribution in [0.2, 0.25) is 10.0 Å². The van der Waals surface area contributed by atoms with E-state index in [1.165, 1.54) is 0 Å². The summed E-state index contributed by atoms with van der Waals surface area (Å²) in [6.07, 6.45) is 0. The highest BCUT2D eigenvalue weighted by Gasteiger charge is 2.33. The molecule has 0 aromatic heterocycles. The van der Waals surface area contributed by atoms with Crippen LogP contribution < -0.4 is 11.1 Å². The van der Waals surface area contributed by atoms with E-state index in [1.54, 1.807) is 32.2 Å². The van der Waals surface area contributed by atoms with E-state index in [9.17, 15) is 4.79 Å². The average molecular weight is 247 g/mol. The summed E-state index contributed by atoms with van der Waals surface area (Å²) in [6.45, 7) is 1.66. The van der Waals surface area contributed by atoms with Crippen molar-refractivity contribution in [2.24, 2.45) is 5.73 Å². The highest BCUT2D eigenvalue weighted by atomic mass is 35.5. The van der Waals surface area contributed by atoms with E-state index in [1.807, 2.05) is 0 Å². The Hall–Kier alpha value is -0.770. The molecular weight excluding hydrogens is 235 g/mol. The van der Waals surface area contributed by atoms with Crippen LogP contribution in [0.3, 0.4) is 0 Å². The lowest BCUT2D eigenvalue weighted by molar-refractivity contribution is -0.123. The number of hydrogen-bond acceptors (Lipinski definition) is 2. The summed E-state index contributed by atoms with van der Waals surface area (Å²) in [4.78, 5) is 11.4. The molecule has 1 atom stereocenters. The molecular formula is C10H12Cl2N2O. The fourth-order valence-electron chi connectivity index (χ4n) is 1.28. The maximum Gasteiger partial charge on any atom is 0.242 e. The van der Waals surface area contributed by atoms with Gasteiger partial charge in [-0.1, -0.05) is 35.3 Å². The zero-order valence-electron chi connectivity index (χ0n) is 8.47. The molecule has 82 valence electrons. The predicted molar refractivity (Wildman–Crippen MR) is 62.1 cm³/mol. The molecule has 1 aromatic carbocycles. The molecule has 1 amide bonds. The molecule has 0 spiro atoms. The number of nitrogens with one attached hydrogen (secondary N) is 1. The molecule has 0 saturated carbocycles. The van der Waals surface area contributed by atoms with Gasteiger partial charge >= 0.3 is 0 Å². The Bertz CT molecular complexity index is 395. The Kier molecular flexibility index (Phi) is 3.60. The normalized spacial score (nSPS) is 14.7. The standard InChI is InChI=1S/C10H12Cl2N2O/c1-10(14-2,9(13)15)6-4-3-5-7(11)8(6)12/h3-5,14H,1-2H3,(H2,13,15). The molecule has 0 fully saturated rings. The Morgan fingerprint density at radius 3 is 2.53 bits per heavy atom. The van der Waals surface area contributed by atoms with Gasteiger partial charge in [-0.3, -0.25) is 4.79 Å². The Morgan fingerprint density at radius 1 is 1.47 bits per heavy atom. The third kappa shape index (κ3) is 2.09. The van der Waals surface area contributed by atoms with E-state index >= 15 is 0 Å². The largest absolute Gasteiger partial charge is 0.368 e. The van der Waals surface area contributed by atoms with Gasteiger partial charge in [0.1, 0.15) is 5.54 Å². The second-order valence-electron chi connectivity index (χ2n) is 3.34. The lowest BCUT2D eigenvalue weighted by atomic mass is 9.91. The lowest BCUT2D eigenvalue weighted by Crippen LogP contribution is -2.48. The summed E-state index contributed by atoms with van der Waals surface area (Å²) >= 11 is 11.9. The van der Waals surface area contributed by atoms with Crippen LogP contribution >= 0.6 is 23.2 Å². The van der Waals surface area contributed by atoms with Crippen LogP contribution in [0.4, 0.5) is 0 Å². The van der Waals surface area contributed by atoms with Gasteiger partial charge in [0.05, 0.1) is 10.0 Å². The number of halogens is 2. The van der Waals surface area contributed by atoms with Crippen molar-refractivity contribution in [2.75, 3.05) is 7.05 Å². The van der Waals surface area contributed by atoms with Gasteiger partial charge in [0.25, 0.3) is 0 Å². The first-order valence-corrected chi connectivity index (χ1v) is 5.12. The third-order valence-electron chi connectivity index (χ3n) is 2.48. The quantitative estimate of drug-likeness (QED) is 0.857. The number of nitrogens with two attached hydrogens (primary N) is 1. The van der Waals surface area contributed by atoms with Crippen LogP contribution in [0.1, 0.15) is 12.5 Å². The molecule has 0 aliphatic carbocycles. The SMILES string of the molecule is CNC(C)(C(N)=O)c1cccc(Cl)c1Cl. The molecule has 0 radical (unpaired) electrons. The highest BCUT2D eigenvalue weighted by Crippen LogP contribution is 2.32. The van der Waals surface area contributed by atoms with Crippen LogP contribution in [0.15, 0.2) is 18.2 Å². The maximum absolute atomic E-state index is 11.4. The number of primary amides is 1. The number of carbonyl (C=O) groups is 1. The second kappa shape index (κ2) is 4.39. The Morgan fingerprint density at radius 2 is 2.07 bits per heavy atom. The van der Waals surface area contributed by atoms with Crippen molar-refractivity contribution in [3.8, 4) is 0 Å². The Labute approximate surface area is 98.5 Å². The van der Waals surface area contributed by atoms with Gasteiger partial charge in [-0.05, 0) is 20.0 Å². The Balaban J connectivity index is 3.37. The number of benzene rings is 1. The fourth-order valence-corrected chi connectivity index (χ4v) is 1.77. The monoisotopic (exact) mass is 246 g/mol. The van der Waals surface area contributed by atoms with Gasteiger partial charge in [-0.15, -0.1) is 0 Å². The van der Waals surface area contributed by atoms with E-state index in [0.717, 1.165) is 0 Å². The smallest absolute Gasteiger partial charge is 0.242 e. The van der Waals surface area contributed by atoms with Crippen molar-refractivity contribution < 1.29 is 4.79 Å². The van der Waals surface area contributed by atoms with Gasteiger partial charge in [0.15, 0.2) is 0 Å². The molecule has 0 aliphatic heterocycles. The zero-order valence-corrected chi connectivity index (χ0v) is 9.99. The number of rotatable bonds is 3. The number of amides is 1. The molecule has 3 nitrogen and oxygen atoms in total. The molecule has 1 unspecified atom stereocenters. The first kappa shape index (κ1) is 12.3. The van der Waals surface area contributed by atoms with Gasteiger partial charge in [-0.2, -0.15) is 0 Å². The summed E-state index contributed by atoms with van der Waals surface area (Å²) in [5, 5.41) is 3.59. The van der Waals surface area contributed by atoms with E-state index < -0.39 is 11.4 Å². The summed E-state index contributed by atoms with van der Waals surface area (Å²) in [5.74, 6) is -0.505. The first-order valence-electron chi connectivity index (χ1n) is 4.36. The van der Waals surface area contributed by atoms with Crippen molar-refractivity contribution in [3.63, 3.8) is 0 Å². The minimum Gasteiger partial charge on any atom is -0.368 e. The number of hydrogen-bond donors (Lipinski definition) is 2. The maximum atomic E-state index is 11.4. The van der Waals surface area contributed by atoms with Crippen molar-refractivity contribution in [3.05, 3.63) is 33.8 Å². The second-order valence-corrected chi connectivity index (χ2v) is 4.13. The van der Waals surface area contributed by atoms with Gasteiger partial charge in [-0.25, -0.2) is 0 Å². The molecule has 0 heterocycles. The van der Waals surface area contributed by atoms with Crippen molar-refractivity contribution in [2.45, 2.75) is 12.5 Å². The third-order valence-corrected chi connectivity index (χ3v) is 3.30. The summed E-state index contributed by atoms with van der Waals surface area (Å²) in [7, 11) is 1.64.